The number of thioether (sulfide) groups is 2. The van der Waals surface area contributed by atoms with E-state index in [-0.39, 0.29) is 11.2 Å². The molecule has 25 heavy (non-hydrogen) atoms. The summed E-state index contributed by atoms with van der Waals surface area (Å²) in [4.78, 5) is 14.7. The molecule has 0 unspecified atom stereocenters. The molecular formula is C18H17N3OS3. The highest BCUT2D eigenvalue weighted by Crippen LogP contribution is 2.41. The summed E-state index contributed by atoms with van der Waals surface area (Å²) < 4.78 is 1.90. The summed E-state index contributed by atoms with van der Waals surface area (Å²) >= 11 is 5.08. The van der Waals surface area contributed by atoms with Gasteiger partial charge in [-0.2, -0.15) is 5.10 Å². The second-order valence-corrected chi connectivity index (χ2v) is 8.70. The summed E-state index contributed by atoms with van der Waals surface area (Å²) in [7, 11) is 0. The van der Waals surface area contributed by atoms with Crippen LogP contribution in [0.15, 0.2) is 52.9 Å². The fourth-order valence-corrected chi connectivity index (χ4v) is 5.06. The zero-order chi connectivity index (χ0) is 17.2. The molecule has 0 aliphatic carbocycles. The van der Waals surface area contributed by atoms with Crippen LogP contribution >= 0.6 is 34.9 Å². The molecule has 0 spiro atoms. The number of anilines is 1. The molecule has 4 rings (SSSR count). The number of carbonyl (C=O) groups excluding carboxylic acids is 1. The van der Waals surface area contributed by atoms with E-state index in [9.17, 15) is 4.79 Å². The van der Waals surface area contributed by atoms with Gasteiger partial charge in [0.1, 0.15) is 5.82 Å². The highest BCUT2D eigenvalue weighted by Gasteiger charge is 2.27. The maximum Gasteiger partial charge on any atom is 0.235 e. The predicted octanol–water partition coefficient (Wildman–Crippen LogP) is 4.49. The topological polar surface area (TPSA) is 46.9 Å². The van der Waals surface area contributed by atoms with Gasteiger partial charge in [0.05, 0.1) is 23.7 Å². The Bertz CT molecular complexity index is 872. The van der Waals surface area contributed by atoms with Crippen molar-refractivity contribution in [1.82, 2.24) is 9.78 Å². The van der Waals surface area contributed by atoms with Crippen LogP contribution in [0.4, 0.5) is 5.82 Å². The maximum absolute atomic E-state index is 12.2. The average Bonchev–Trinajstić information content (AvgIpc) is 3.24. The van der Waals surface area contributed by atoms with Crippen molar-refractivity contribution in [3.8, 4) is 0 Å². The Morgan fingerprint density at radius 3 is 2.88 bits per heavy atom. The predicted molar refractivity (Wildman–Crippen MR) is 107 cm³/mol. The minimum atomic E-state index is 0.0300. The van der Waals surface area contributed by atoms with Crippen molar-refractivity contribution >= 4 is 46.6 Å². The number of aromatic nitrogens is 2. The molecule has 1 aliphatic rings. The first kappa shape index (κ1) is 16.8. The van der Waals surface area contributed by atoms with E-state index < -0.39 is 0 Å². The normalized spacial score (nSPS) is 17.0. The van der Waals surface area contributed by atoms with Gasteiger partial charge in [0, 0.05) is 15.3 Å². The van der Waals surface area contributed by atoms with Crippen molar-refractivity contribution in [2.24, 2.45) is 0 Å². The van der Waals surface area contributed by atoms with Gasteiger partial charge < -0.3 is 5.32 Å². The van der Waals surface area contributed by atoms with E-state index in [2.05, 4.69) is 52.4 Å². The molecule has 0 fully saturated rings. The fraction of sp³-hybridized carbons (Fsp3) is 0.222. The Morgan fingerprint density at radius 1 is 1.32 bits per heavy atom. The highest BCUT2D eigenvalue weighted by molar-refractivity contribution is 8.00. The summed E-state index contributed by atoms with van der Waals surface area (Å²) in [5.41, 5.74) is 2.28. The summed E-state index contributed by atoms with van der Waals surface area (Å²) in [6, 6.07) is 12.7. The van der Waals surface area contributed by atoms with Gasteiger partial charge in [0.15, 0.2) is 0 Å². The Labute approximate surface area is 159 Å². The van der Waals surface area contributed by atoms with Gasteiger partial charge in [-0.25, -0.2) is 4.68 Å². The summed E-state index contributed by atoms with van der Waals surface area (Å²) in [6.07, 6.45) is 3.97. The van der Waals surface area contributed by atoms with Gasteiger partial charge >= 0.3 is 0 Å². The van der Waals surface area contributed by atoms with Crippen LogP contribution in [0, 0.1) is 0 Å². The zero-order valence-corrected chi connectivity index (χ0v) is 16.1. The lowest BCUT2D eigenvalue weighted by Crippen LogP contribution is -2.16. The molecule has 0 saturated carbocycles. The largest absolute Gasteiger partial charge is 0.310 e. The van der Waals surface area contributed by atoms with Crippen molar-refractivity contribution in [3.05, 3.63) is 64.0 Å². The van der Waals surface area contributed by atoms with Gasteiger partial charge in [-0.3, -0.25) is 4.79 Å². The number of hydrogen-bond donors (Lipinski definition) is 1. The van der Waals surface area contributed by atoms with Gasteiger partial charge in [-0.05, 0) is 35.4 Å². The molecule has 4 nitrogen and oxygen atoms in total. The van der Waals surface area contributed by atoms with Crippen LogP contribution in [0.25, 0.3) is 0 Å². The monoisotopic (exact) mass is 387 g/mol. The minimum absolute atomic E-state index is 0.0300. The smallest absolute Gasteiger partial charge is 0.235 e. The molecule has 7 heteroatoms. The molecule has 1 amide bonds. The Balaban J connectivity index is 1.71. The number of hydrogen-bond acceptors (Lipinski definition) is 5. The van der Waals surface area contributed by atoms with E-state index in [1.54, 1.807) is 34.9 Å². The average molecular weight is 388 g/mol. The maximum atomic E-state index is 12.2. The van der Waals surface area contributed by atoms with E-state index in [0.717, 1.165) is 11.4 Å². The molecule has 1 atom stereocenters. The highest BCUT2D eigenvalue weighted by atomic mass is 32.2. The van der Waals surface area contributed by atoms with Crippen molar-refractivity contribution in [1.29, 1.82) is 0 Å². The molecule has 1 aliphatic heterocycles. The van der Waals surface area contributed by atoms with Gasteiger partial charge in [0.25, 0.3) is 0 Å². The molecule has 0 saturated heterocycles. The zero-order valence-electron chi connectivity index (χ0n) is 13.6. The molecule has 1 N–H and O–H groups in total. The molecule has 128 valence electrons. The number of carbonyl (C=O) groups is 1. The summed E-state index contributed by atoms with van der Waals surface area (Å²) in [6.45, 7) is 0.677. The summed E-state index contributed by atoms with van der Waals surface area (Å²) in [5, 5.41) is 9.77. The lowest BCUT2D eigenvalue weighted by Gasteiger charge is -2.14. The van der Waals surface area contributed by atoms with E-state index in [1.165, 1.54) is 15.3 Å². The Kier molecular flexibility index (Phi) is 4.87. The number of nitrogens with zero attached hydrogens (tertiary/aromatic N) is 2. The van der Waals surface area contributed by atoms with Crippen LogP contribution in [0.2, 0.25) is 0 Å². The quantitative estimate of drug-likeness (QED) is 0.670. The number of nitrogens with one attached hydrogen (secondary N) is 1. The molecule has 0 bridgehead atoms. The van der Waals surface area contributed by atoms with Gasteiger partial charge in [-0.15, -0.1) is 34.9 Å². The number of thiophene rings is 1. The first-order valence-corrected chi connectivity index (χ1v) is 11.0. The molecule has 2 aromatic heterocycles. The first-order chi connectivity index (χ1) is 12.2. The number of amides is 1. The first-order valence-electron chi connectivity index (χ1n) is 7.88. The Morgan fingerprint density at radius 2 is 2.16 bits per heavy atom. The van der Waals surface area contributed by atoms with E-state index in [0.29, 0.717) is 12.3 Å². The van der Waals surface area contributed by atoms with Crippen molar-refractivity contribution < 1.29 is 4.79 Å². The third kappa shape index (κ3) is 3.49. The SMILES string of the molecule is CSc1ccc([C@H]2SCC(=O)Nc3c2cnn3Cc2cccs2)cc1. The summed E-state index contributed by atoms with van der Waals surface area (Å²) in [5.74, 6) is 1.30. The minimum Gasteiger partial charge on any atom is -0.310 e. The molecule has 3 aromatic rings. The lowest BCUT2D eigenvalue weighted by molar-refractivity contribution is -0.113. The van der Waals surface area contributed by atoms with Crippen molar-refractivity contribution in [2.45, 2.75) is 16.7 Å². The van der Waals surface area contributed by atoms with E-state index >= 15 is 0 Å². The molecule has 0 radical (unpaired) electrons. The van der Waals surface area contributed by atoms with Gasteiger partial charge in [0.2, 0.25) is 5.91 Å². The van der Waals surface area contributed by atoms with Crippen molar-refractivity contribution in [3.63, 3.8) is 0 Å². The third-order valence-electron chi connectivity index (χ3n) is 4.09. The molecule has 1 aromatic carbocycles. The molecular weight excluding hydrogens is 370 g/mol. The van der Waals surface area contributed by atoms with E-state index in [4.69, 9.17) is 0 Å². The second kappa shape index (κ2) is 7.27. The van der Waals surface area contributed by atoms with E-state index in [1.807, 2.05) is 16.9 Å². The number of benzene rings is 1. The standard InChI is InChI=1S/C18H17N3OS3/c1-23-13-6-4-12(5-7-13)17-15-9-19-21(10-14-3-2-8-24-14)18(15)20-16(22)11-25-17/h2-9,17H,10-11H2,1H3,(H,20,22)/t17-/m1/s1. The lowest BCUT2D eigenvalue weighted by atomic mass is 10.1. The van der Waals surface area contributed by atoms with Crippen LogP contribution in [0.1, 0.15) is 21.3 Å². The van der Waals surface area contributed by atoms with Crippen molar-refractivity contribution in [2.75, 3.05) is 17.3 Å². The number of fused-ring (bicyclic) bond motifs is 1. The fourth-order valence-electron chi connectivity index (χ4n) is 2.87. The molecule has 3 heterocycles. The Hall–Kier alpha value is -1.70. The third-order valence-corrected chi connectivity index (χ3v) is 6.99. The number of rotatable bonds is 4. The van der Waals surface area contributed by atoms with Crippen LogP contribution < -0.4 is 5.32 Å². The van der Waals surface area contributed by atoms with Crippen LogP contribution in [-0.4, -0.2) is 27.7 Å². The second-order valence-electron chi connectivity index (χ2n) is 5.70. The van der Waals surface area contributed by atoms with Crippen LogP contribution in [0.3, 0.4) is 0 Å². The van der Waals surface area contributed by atoms with Crippen LogP contribution in [-0.2, 0) is 11.3 Å². The van der Waals surface area contributed by atoms with Crippen LogP contribution in [0.5, 0.6) is 0 Å². The van der Waals surface area contributed by atoms with Gasteiger partial charge in [-0.1, -0.05) is 18.2 Å².